The van der Waals surface area contributed by atoms with Crippen molar-refractivity contribution in [3.63, 3.8) is 0 Å². The number of carbonyl (C=O) groups is 3. The first kappa shape index (κ1) is 27.2. The molecule has 0 radical (unpaired) electrons. The minimum atomic E-state index is -0.226. The summed E-state index contributed by atoms with van der Waals surface area (Å²) in [6, 6.07) is 17.0. The average molecular weight is 573 g/mol. The highest BCUT2D eigenvalue weighted by Gasteiger charge is 2.51. The lowest BCUT2D eigenvalue weighted by Gasteiger charge is -2.46. The molecule has 4 amide bonds. The molecule has 3 saturated heterocycles. The Bertz CT molecular complexity index is 1430. The molecular weight excluding hydrogens is 540 g/mol. The third kappa shape index (κ3) is 5.37. The van der Waals surface area contributed by atoms with E-state index in [1.807, 2.05) is 66.4 Å². The maximum atomic E-state index is 13.6. The fraction of sp³-hybridized carbons (Fsp3) is 0.400. The summed E-state index contributed by atoms with van der Waals surface area (Å²) in [5.41, 5.74) is 2.55. The van der Waals surface area contributed by atoms with Crippen LogP contribution < -0.4 is 25.6 Å². The van der Waals surface area contributed by atoms with Gasteiger partial charge < -0.3 is 25.6 Å². The van der Waals surface area contributed by atoms with Crippen LogP contribution in [0.5, 0.6) is 11.5 Å². The first-order valence-electron chi connectivity index (χ1n) is 14.0. The Kier molecular flexibility index (Phi) is 7.60. The van der Waals surface area contributed by atoms with Crippen LogP contribution in [-0.4, -0.2) is 53.8 Å². The zero-order valence-corrected chi connectivity index (χ0v) is 23.6. The van der Waals surface area contributed by atoms with Crippen LogP contribution in [0.15, 0.2) is 59.3 Å². The van der Waals surface area contributed by atoms with Crippen molar-refractivity contribution < 1.29 is 19.1 Å². The Labute approximate surface area is 243 Å². The highest BCUT2D eigenvalue weighted by molar-refractivity contribution is 8.03. The number of nitriles is 1. The van der Waals surface area contributed by atoms with E-state index in [1.165, 1.54) is 0 Å². The van der Waals surface area contributed by atoms with Crippen LogP contribution in [-0.2, 0) is 9.59 Å². The molecule has 0 aliphatic carbocycles. The number of likely N-dealkylation sites (tertiary alicyclic amines) is 1. The van der Waals surface area contributed by atoms with Gasteiger partial charge >= 0.3 is 6.03 Å². The van der Waals surface area contributed by atoms with Crippen LogP contribution >= 0.6 is 11.8 Å². The Morgan fingerprint density at radius 1 is 1.12 bits per heavy atom. The zero-order valence-electron chi connectivity index (χ0n) is 22.8. The molecule has 3 atom stereocenters. The molecule has 2 aromatic rings. The van der Waals surface area contributed by atoms with Crippen molar-refractivity contribution in [2.75, 3.05) is 24.5 Å². The van der Waals surface area contributed by atoms with Gasteiger partial charge in [0.05, 0.1) is 28.2 Å². The minimum Gasteiger partial charge on any atom is -0.457 e. The summed E-state index contributed by atoms with van der Waals surface area (Å²) in [7, 11) is 0. The van der Waals surface area contributed by atoms with Crippen LogP contribution in [0.3, 0.4) is 0 Å². The normalized spacial score (nSPS) is 23.9. The highest BCUT2D eigenvalue weighted by atomic mass is 32.2. The summed E-state index contributed by atoms with van der Waals surface area (Å²) >= 11 is 1.56. The summed E-state index contributed by atoms with van der Waals surface area (Å²) in [5.74, 6) is 0.960. The van der Waals surface area contributed by atoms with Crippen LogP contribution in [0.1, 0.15) is 31.2 Å². The van der Waals surface area contributed by atoms with Gasteiger partial charge in [0, 0.05) is 30.6 Å². The van der Waals surface area contributed by atoms with Crippen LogP contribution in [0.2, 0.25) is 0 Å². The third-order valence-electron chi connectivity index (χ3n) is 8.23. The van der Waals surface area contributed by atoms with Crippen molar-refractivity contribution >= 4 is 35.3 Å². The van der Waals surface area contributed by atoms with E-state index in [1.54, 1.807) is 16.7 Å². The molecule has 4 aliphatic rings. The maximum Gasteiger partial charge on any atom is 0.326 e. The standard InChI is InChI=1S/C30H32N6O4S/c1-18-17-21(40-20-5-3-2-4-6-20)7-8-22(18)36-23-10-14-32-28-25(23)26(33-30(36)39)29(41-28)34-27(38)19-11-15-35(16-12-19)24(37)9-13-31/h2-8,17,19,23,25,28,32H,9-12,14-16H2,1H3,(H,33,39)(H,34,38). The van der Waals surface area contributed by atoms with E-state index in [4.69, 9.17) is 10.00 Å². The fourth-order valence-electron chi connectivity index (χ4n) is 6.19. The SMILES string of the molecule is Cc1cc(Oc2ccccc2)ccc1N1C(=O)NC2=C(NC(=O)C3CCN(C(=O)CC#N)CC3)SC3NCCC1C23. The lowest BCUT2D eigenvalue weighted by Crippen LogP contribution is -2.62. The molecule has 0 aromatic heterocycles. The van der Waals surface area contributed by atoms with Crippen molar-refractivity contribution in [1.29, 1.82) is 5.26 Å². The number of nitrogens with one attached hydrogen (secondary N) is 3. The molecular formula is C30H32N6O4S. The van der Waals surface area contributed by atoms with Crippen molar-refractivity contribution in [2.24, 2.45) is 11.8 Å². The van der Waals surface area contributed by atoms with Gasteiger partial charge in [-0.2, -0.15) is 5.26 Å². The second kappa shape index (κ2) is 11.5. The number of nitrogens with zero attached hydrogens (tertiary/aromatic N) is 3. The first-order chi connectivity index (χ1) is 19.9. The Morgan fingerprint density at radius 3 is 2.63 bits per heavy atom. The molecule has 4 heterocycles. The number of benzene rings is 2. The molecule has 2 aromatic carbocycles. The van der Waals surface area contributed by atoms with Crippen molar-refractivity contribution in [3.05, 3.63) is 64.8 Å². The van der Waals surface area contributed by atoms with Crippen molar-refractivity contribution in [1.82, 2.24) is 20.9 Å². The molecule has 41 heavy (non-hydrogen) atoms. The number of carbonyl (C=O) groups excluding carboxylic acids is 3. The predicted octanol–water partition coefficient (Wildman–Crippen LogP) is 3.81. The number of ether oxygens (including phenoxy) is 1. The van der Waals surface area contributed by atoms with Crippen molar-refractivity contribution in [3.8, 4) is 17.6 Å². The van der Waals surface area contributed by atoms with Gasteiger partial charge in [0.25, 0.3) is 0 Å². The Hall–Kier alpha value is -4.01. The molecule has 0 spiro atoms. The molecule has 10 nitrogen and oxygen atoms in total. The first-order valence-corrected chi connectivity index (χ1v) is 14.8. The second-order valence-corrected chi connectivity index (χ2v) is 11.9. The van der Waals surface area contributed by atoms with Gasteiger partial charge in [0.2, 0.25) is 11.8 Å². The molecule has 212 valence electrons. The van der Waals surface area contributed by atoms with Crippen molar-refractivity contribution in [2.45, 2.75) is 44.0 Å². The summed E-state index contributed by atoms with van der Waals surface area (Å²) in [4.78, 5) is 42.4. The summed E-state index contributed by atoms with van der Waals surface area (Å²) in [5, 5.41) is 19.3. The molecule has 11 heteroatoms. The number of thioether (sulfide) groups is 1. The fourth-order valence-corrected chi connectivity index (χ4v) is 7.59. The molecule has 3 unspecified atom stereocenters. The number of hydrogen-bond donors (Lipinski definition) is 3. The number of anilines is 1. The largest absolute Gasteiger partial charge is 0.457 e. The van der Waals surface area contributed by atoms with E-state index in [2.05, 4.69) is 16.0 Å². The molecule has 0 bridgehead atoms. The van der Waals surface area contributed by atoms with E-state index in [-0.39, 0.29) is 47.5 Å². The van der Waals surface area contributed by atoms with E-state index in [0.717, 1.165) is 35.7 Å². The van der Waals surface area contributed by atoms with Gasteiger partial charge in [-0.3, -0.25) is 14.5 Å². The Balaban J connectivity index is 1.17. The predicted molar refractivity (Wildman–Crippen MR) is 155 cm³/mol. The number of amides is 4. The summed E-state index contributed by atoms with van der Waals surface area (Å²) < 4.78 is 6.00. The molecule has 3 fully saturated rings. The number of hydrogen-bond acceptors (Lipinski definition) is 7. The minimum absolute atomic E-state index is 0.00634. The number of urea groups is 1. The van der Waals surface area contributed by atoms with Gasteiger partial charge in [-0.05, 0) is 68.6 Å². The summed E-state index contributed by atoms with van der Waals surface area (Å²) in [6.45, 7) is 3.68. The van der Waals surface area contributed by atoms with Crippen LogP contribution in [0.25, 0.3) is 0 Å². The van der Waals surface area contributed by atoms with E-state index in [0.29, 0.717) is 36.7 Å². The lowest BCUT2D eigenvalue weighted by atomic mass is 9.86. The smallest absolute Gasteiger partial charge is 0.326 e. The van der Waals surface area contributed by atoms with E-state index < -0.39 is 0 Å². The second-order valence-electron chi connectivity index (χ2n) is 10.8. The van der Waals surface area contributed by atoms with E-state index in [9.17, 15) is 14.4 Å². The lowest BCUT2D eigenvalue weighted by molar-refractivity contribution is -0.134. The zero-order chi connectivity index (χ0) is 28.5. The van der Waals surface area contributed by atoms with Gasteiger partial charge in [-0.1, -0.05) is 30.0 Å². The van der Waals surface area contributed by atoms with Gasteiger partial charge in [-0.25, -0.2) is 4.79 Å². The molecule has 0 saturated carbocycles. The molecule has 4 aliphatic heterocycles. The van der Waals surface area contributed by atoms with Crippen LogP contribution in [0.4, 0.5) is 10.5 Å². The van der Waals surface area contributed by atoms with Gasteiger partial charge in [-0.15, -0.1) is 0 Å². The molecule has 3 N–H and O–H groups in total. The Morgan fingerprint density at radius 2 is 1.90 bits per heavy atom. The summed E-state index contributed by atoms with van der Waals surface area (Å²) in [6.07, 6.45) is 1.75. The highest BCUT2D eigenvalue weighted by Crippen LogP contribution is 2.47. The number of piperidine rings is 2. The van der Waals surface area contributed by atoms with Gasteiger partial charge in [0.15, 0.2) is 0 Å². The third-order valence-corrected chi connectivity index (χ3v) is 9.50. The number of aryl methyl sites for hydroxylation is 1. The van der Waals surface area contributed by atoms with Crippen LogP contribution in [0, 0.1) is 30.1 Å². The number of para-hydroxylation sites is 1. The quantitative estimate of drug-likeness (QED) is 0.481. The number of rotatable bonds is 6. The molecule has 6 rings (SSSR count). The monoisotopic (exact) mass is 572 g/mol. The van der Waals surface area contributed by atoms with Gasteiger partial charge in [0.1, 0.15) is 17.9 Å². The topological polar surface area (TPSA) is 127 Å². The van der Waals surface area contributed by atoms with E-state index >= 15 is 0 Å². The average Bonchev–Trinajstić information content (AvgIpc) is 3.32. The maximum absolute atomic E-state index is 13.6.